The molecule has 3 rings (SSSR count). The molecule has 21 heavy (non-hydrogen) atoms. The molecule has 0 saturated heterocycles. The van der Waals surface area contributed by atoms with Crippen molar-refractivity contribution < 1.29 is 14.8 Å². The molecule has 1 aromatic rings. The highest BCUT2D eigenvalue weighted by molar-refractivity contribution is 14.1. The maximum Gasteiger partial charge on any atom is 0.308 e. The second-order valence-electron chi connectivity index (χ2n) is 5.79. The van der Waals surface area contributed by atoms with E-state index in [1.165, 1.54) is 6.07 Å². The van der Waals surface area contributed by atoms with Crippen LogP contribution in [0.3, 0.4) is 0 Å². The van der Waals surface area contributed by atoms with Gasteiger partial charge in [-0.2, -0.15) is 0 Å². The topological polar surface area (TPSA) is 92.5 Å². The molecule has 0 aliphatic heterocycles. The van der Waals surface area contributed by atoms with Gasteiger partial charge >= 0.3 is 5.97 Å². The molecule has 0 heterocycles. The number of nitrogens with zero attached hydrogens (tertiary/aromatic N) is 1. The molecule has 0 aromatic heterocycles. The normalized spacial score (nSPS) is 30.3. The Kier molecular flexibility index (Phi) is 3.76. The Morgan fingerprint density at radius 3 is 2.76 bits per heavy atom. The summed E-state index contributed by atoms with van der Waals surface area (Å²) in [6.45, 7) is 0. The van der Waals surface area contributed by atoms with Crippen molar-refractivity contribution in [3.8, 4) is 0 Å². The molecule has 2 fully saturated rings. The lowest BCUT2D eigenvalue weighted by atomic mass is 9.84. The number of rotatable bonds is 4. The van der Waals surface area contributed by atoms with Gasteiger partial charge in [-0.3, -0.25) is 14.9 Å². The van der Waals surface area contributed by atoms with Crippen molar-refractivity contribution in [2.45, 2.75) is 25.3 Å². The minimum atomic E-state index is -0.798. The second-order valence-corrected chi connectivity index (χ2v) is 7.03. The van der Waals surface area contributed by atoms with Crippen LogP contribution in [0.1, 0.15) is 19.3 Å². The fourth-order valence-electron chi connectivity index (χ4n) is 3.81. The molecule has 112 valence electrons. The van der Waals surface area contributed by atoms with Crippen molar-refractivity contribution in [2.24, 2.45) is 17.8 Å². The van der Waals surface area contributed by atoms with Crippen LogP contribution >= 0.6 is 22.6 Å². The third-order valence-electron chi connectivity index (χ3n) is 4.68. The molecule has 4 unspecified atom stereocenters. The standard InChI is InChI=1S/C14H15IN2O4/c15-9-3-4-10(11(6-9)17(20)21)16-13-8-2-1-7(5-8)12(13)14(18)19/h3-4,6-8,12-13,16H,1-2,5H2,(H,18,19). The van der Waals surface area contributed by atoms with Crippen molar-refractivity contribution in [3.05, 3.63) is 31.9 Å². The van der Waals surface area contributed by atoms with E-state index < -0.39 is 16.8 Å². The first kappa shape index (κ1) is 14.6. The summed E-state index contributed by atoms with van der Waals surface area (Å²) in [4.78, 5) is 22.2. The Hall–Kier alpha value is -1.38. The van der Waals surface area contributed by atoms with Gasteiger partial charge in [-0.1, -0.05) is 0 Å². The molecule has 2 saturated carbocycles. The van der Waals surface area contributed by atoms with E-state index in [1.807, 2.05) is 22.6 Å². The zero-order valence-electron chi connectivity index (χ0n) is 11.2. The highest BCUT2D eigenvalue weighted by atomic mass is 127. The number of anilines is 1. The summed E-state index contributed by atoms with van der Waals surface area (Å²) >= 11 is 2.03. The first-order chi connectivity index (χ1) is 9.97. The molecule has 0 amide bonds. The number of nitro benzene ring substituents is 1. The summed E-state index contributed by atoms with van der Waals surface area (Å²) in [6, 6.07) is 4.76. The minimum absolute atomic E-state index is 0.00816. The number of carbonyl (C=O) groups is 1. The molecular weight excluding hydrogens is 387 g/mol. The van der Waals surface area contributed by atoms with E-state index in [1.54, 1.807) is 12.1 Å². The predicted octanol–water partition coefficient (Wildman–Crippen LogP) is 3.11. The van der Waals surface area contributed by atoms with Crippen LogP contribution in [0, 0.1) is 31.4 Å². The number of fused-ring (bicyclic) bond motifs is 2. The number of benzene rings is 1. The molecule has 0 spiro atoms. The molecule has 7 heteroatoms. The Morgan fingerprint density at radius 1 is 1.38 bits per heavy atom. The highest BCUT2D eigenvalue weighted by Gasteiger charge is 2.51. The summed E-state index contributed by atoms with van der Waals surface area (Å²) in [5.74, 6) is -0.738. The average molecular weight is 402 g/mol. The third-order valence-corrected chi connectivity index (χ3v) is 5.35. The van der Waals surface area contributed by atoms with Crippen LogP contribution in [0.15, 0.2) is 18.2 Å². The van der Waals surface area contributed by atoms with Crippen LogP contribution < -0.4 is 5.32 Å². The molecule has 2 N–H and O–H groups in total. The zero-order chi connectivity index (χ0) is 15.1. The lowest BCUT2D eigenvalue weighted by Gasteiger charge is -2.29. The smallest absolute Gasteiger partial charge is 0.308 e. The summed E-state index contributed by atoms with van der Waals surface area (Å²) in [5, 5.41) is 23.8. The molecule has 2 bridgehead atoms. The number of carboxylic acid groups (broad SMARTS) is 1. The van der Waals surface area contributed by atoms with Gasteiger partial charge in [0.05, 0.1) is 10.8 Å². The van der Waals surface area contributed by atoms with Crippen molar-refractivity contribution in [2.75, 3.05) is 5.32 Å². The predicted molar refractivity (Wildman–Crippen MR) is 85.2 cm³/mol. The Balaban J connectivity index is 1.89. The average Bonchev–Trinajstić information content (AvgIpc) is 3.01. The van der Waals surface area contributed by atoms with Gasteiger partial charge in [-0.25, -0.2) is 0 Å². The maximum absolute atomic E-state index is 11.5. The Bertz CT molecular complexity index is 607. The molecule has 2 aliphatic carbocycles. The number of nitro groups is 1. The number of hydrogen-bond donors (Lipinski definition) is 2. The lowest BCUT2D eigenvalue weighted by molar-refractivity contribution is -0.384. The first-order valence-corrected chi connectivity index (χ1v) is 7.98. The van der Waals surface area contributed by atoms with Crippen LogP contribution in [0.5, 0.6) is 0 Å². The summed E-state index contributed by atoms with van der Waals surface area (Å²) in [5.41, 5.74) is 0.429. The Labute approximate surface area is 135 Å². The fourth-order valence-corrected chi connectivity index (χ4v) is 4.29. The summed E-state index contributed by atoms with van der Waals surface area (Å²) < 4.78 is 0.785. The van der Waals surface area contributed by atoms with Crippen molar-refractivity contribution in [1.82, 2.24) is 0 Å². The zero-order valence-corrected chi connectivity index (χ0v) is 13.3. The largest absolute Gasteiger partial charge is 0.481 e. The van der Waals surface area contributed by atoms with Crippen molar-refractivity contribution >= 4 is 39.9 Å². The van der Waals surface area contributed by atoms with E-state index in [2.05, 4.69) is 5.32 Å². The number of hydrogen-bond acceptors (Lipinski definition) is 4. The van der Waals surface area contributed by atoms with E-state index >= 15 is 0 Å². The van der Waals surface area contributed by atoms with Crippen LogP contribution in [-0.2, 0) is 4.79 Å². The third kappa shape index (κ3) is 2.58. The maximum atomic E-state index is 11.5. The van der Waals surface area contributed by atoms with Gasteiger partial charge in [-0.05, 0) is 65.8 Å². The number of aliphatic carboxylic acids is 1. The van der Waals surface area contributed by atoms with Gasteiger partial charge in [0.25, 0.3) is 5.69 Å². The lowest BCUT2D eigenvalue weighted by Crippen LogP contribution is -2.39. The fraction of sp³-hybridized carbons (Fsp3) is 0.500. The van der Waals surface area contributed by atoms with E-state index in [4.69, 9.17) is 0 Å². The summed E-state index contributed by atoms with van der Waals surface area (Å²) in [7, 11) is 0. The number of nitrogens with one attached hydrogen (secondary N) is 1. The summed E-state index contributed by atoms with van der Waals surface area (Å²) in [6.07, 6.45) is 2.87. The van der Waals surface area contributed by atoms with Gasteiger partial charge in [0, 0.05) is 15.7 Å². The van der Waals surface area contributed by atoms with E-state index in [-0.39, 0.29) is 17.6 Å². The van der Waals surface area contributed by atoms with Gasteiger partial charge < -0.3 is 10.4 Å². The Morgan fingerprint density at radius 2 is 2.10 bits per heavy atom. The van der Waals surface area contributed by atoms with Crippen LogP contribution in [0.4, 0.5) is 11.4 Å². The molecule has 0 radical (unpaired) electrons. The van der Waals surface area contributed by atoms with Crippen LogP contribution in [0.25, 0.3) is 0 Å². The van der Waals surface area contributed by atoms with Crippen LogP contribution in [-0.4, -0.2) is 22.0 Å². The van der Waals surface area contributed by atoms with E-state index in [9.17, 15) is 20.0 Å². The molecule has 4 atom stereocenters. The van der Waals surface area contributed by atoms with E-state index in [0.717, 1.165) is 22.8 Å². The molecule has 2 aliphatic rings. The van der Waals surface area contributed by atoms with Crippen LogP contribution in [0.2, 0.25) is 0 Å². The van der Waals surface area contributed by atoms with Gasteiger partial charge in [0.2, 0.25) is 0 Å². The monoisotopic (exact) mass is 402 g/mol. The highest BCUT2D eigenvalue weighted by Crippen LogP contribution is 2.50. The number of halogens is 1. The SMILES string of the molecule is O=C(O)C1C2CCC(C2)C1Nc1ccc(I)cc1[N+](=O)[O-]. The van der Waals surface area contributed by atoms with Gasteiger partial charge in [0.1, 0.15) is 5.69 Å². The quantitative estimate of drug-likeness (QED) is 0.459. The second kappa shape index (κ2) is 5.43. The molecule has 6 nitrogen and oxygen atoms in total. The van der Waals surface area contributed by atoms with Gasteiger partial charge in [0.15, 0.2) is 0 Å². The number of carboxylic acids is 1. The van der Waals surface area contributed by atoms with E-state index in [0.29, 0.717) is 11.6 Å². The van der Waals surface area contributed by atoms with Crippen molar-refractivity contribution in [3.63, 3.8) is 0 Å². The molecule has 1 aromatic carbocycles. The minimum Gasteiger partial charge on any atom is -0.481 e. The first-order valence-electron chi connectivity index (χ1n) is 6.90. The van der Waals surface area contributed by atoms with Gasteiger partial charge in [-0.15, -0.1) is 0 Å². The van der Waals surface area contributed by atoms with Crippen molar-refractivity contribution in [1.29, 1.82) is 0 Å². The molecular formula is C14H15IN2O4.